The molecule has 4 rings (SSSR count). The molecule has 1 aliphatic rings. The first-order valence-electron chi connectivity index (χ1n) is 8.84. The lowest BCUT2D eigenvalue weighted by Crippen LogP contribution is -2.11. The molecule has 1 aliphatic heterocycles. The number of sulfone groups is 1. The topological polar surface area (TPSA) is 90.9 Å². The highest BCUT2D eigenvalue weighted by atomic mass is 32.2. The molecule has 148 valence electrons. The number of allylic oxidation sites excluding steroid dienone is 1. The van der Waals surface area contributed by atoms with Gasteiger partial charge in [-0.3, -0.25) is 0 Å². The number of aryl methyl sites for hydroxylation is 1. The summed E-state index contributed by atoms with van der Waals surface area (Å²) in [4.78, 5) is 5.61. The fourth-order valence-electron chi connectivity index (χ4n) is 3.21. The predicted molar refractivity (Wildman–Crippen MR) is 110 cm³/mol. The molecule has 0 unspecified atom stereocenters. The zero-order valence-electron chi connectivity index (χ0n) is 15.4. The largest absolute Gasteiger partial charge is 0.440 e. The van der Waals surface area contributed by atoms with Crippen LogP contribution in [0.1, 0.15) is 29.6 Å². The molecule has 0 aliphatic carbocycles. The van der Waals surface area contributed by atoms with Crippen LogP contribution in [0, 0.1) is 6.92 Å². The molecule has 1 atom stereocenters. The van der Waals surface area contributed by atoms with E-state index in [-0.39, 0.29) is 17.4 Å². The van der Waals surface area contributed by atoms with Crippen molar-refractivity contribution in [2.45, 2.75) is 36.7 Å². The molecule has 0 spiro atoms. The smallest absolute Gasteiger partial charge is 0.236 e. The van der Waals surface area contributed by atoms with Crippen LogP contribution in [0.4, 0.5) is 0 Å². The monoisotopic (exact) mass is 436 g/mol. The van der Waals surface area contributed by atoms with Gasteiger partial charge in [-0.2, -0.15) is 0 Å². The van der Waals surface area contributed by atoms with E-state index in [4.69, 9.17) is 4.42 Å². The van der Waals surface area contributed by atoms with Crippen molar-refractivity contribution in [1.82, 2.24) is 19.7 Å². The van der Waals surface area contributed by atoms with Crippen LogP contribution >= 0.6 is 23.1 Å². The summed E-state index contributed by atoms with van der Waals surface area (Å²) in [7, 11) is -2.98. The van der Waals surface area contributed by atoms with E-state index in [1.807, 2.05) is 29.0 Å². The number of nitrogens with zero attached hydrogens (tertiary/aromatic N) is 4. The van der Waals surface area contributed by atoms with Crippen LogP contribution in [0.2, 0.25) is 0 Å². The van der Waals surface area contributed by atoms with Gasteiger partial charge in [0.15, 0.2) is 15.0 Å². The van der Waals surface area contributed by atoms with E-state index in [2.05, 4.69) is 21.8 Å². The molecular formula is C18H20N4O3S3. The third-order valence-electron chi connectivity index (χ3n) is 4.62. The highest BCUT2D eigenvalue weighted by molar-refractivity contribution is 7.98. The molecule has 10 heteroatoms. The van der Waals surface area contributed by atoms with Crippen LogP contribution in [0.15, 0.2) is 39.7 Å². The molecule has 1 fully saturated rings. The summed E-state index contributed by atoms with van der Waals surface area (Å²) in [5, 5.41) is 11.3. The third-order valence-corrected chi connectivity index (χ3v) is 8.22. The number of hydrogen-bond acceptors (Lipinski definition) is 8. The SMILES string of the molecule is C=CCn1c(SCc2nc(-c3cccs3)oc2C)nnc1[C@@H]1CCS(=O)(=O)C1. The molecule has 3 aromatic rings. The van der Waals surface area contributed by atoms with E-state index >= 15 is 0 Å². The van der Waals surface area contributed by atoms with Gasteiger partial charge in [-0.05, 0) is 24.8 Å². The summed E-state index contributed by atoms with van der Waals surface area (Å²) < 4.78 is 31.4. The fraction of sp³-hybridized carbons (Fsp3) is 0.389. The van der Waals surface area contributed by atoms with Gasteiger partial charge in [0.2, 0.25) is 5.89 Å². The lowest BCUT2D eigenvalue weighted by atomic mass is 10.1. The minimum Gasteiger partial charge on any atom is -0.440 e. The third kappa shape index (κ3) is 3.94. The standard InChI is InChI=1S/C18H20N4O3S3/c1-3-7-22-16(13-6-9-28(23,24)11-13)20-21-18(22)27-10-14-12(2)25-17(19-14)15-5-4-8-26-15/h3-5,8,13H,1,6-7,9-11H2,2H3/t13-/m1/s1. The van der Waals surface area contributed by atoms with Crippen LogP contribution in [0.3, 0.4) is 0 Å². The van der Waals surface area contributed by atoms with Crippen molar-refractivity contribution in [3.63, 3.8) is 0 Å². The molecule has 0 bridgehead atoms. The highest BCUT2D eigenvalue weighted by Crippen LogP contribution is 2.32. The van der Waals surface area contributed by atoms with Gasteiger partial charge >= 0.3 is 0 Å². The Morgan fingerprint density at radius 3 is 3.00 bits per heavy atom. The first kappa shape index (κ1) is 19.4. The summed E-state index contributed by atoms with van der Waals surface area (Å²) in [6.07, 6.45) is 2.37. The molecule has 0 radical (unpaired) electrons. The maximum Gasteiger partial charge on any atom is 0.236 e. The number of hydrogen-bond donors (Lipinski definition) is 0. The Morgan fingerprint density at radius 1 is 1.46 bits per heavy atom. The normalized spacial score (nSPS) is 18.5. The molecule has 1 saturated heterocycles. The van der Waals surface area contributed by atoms with E-state index in [1.54, 1.807) is 17.4 Å². The van der Waals surface area contributed by atoms with Gasteiger partial charge in [-0.25, -0.2) is 13.4 Å². The van der Waals surface area contributed by atoms with Crippen LogP contribution in [0.25, 0.3) is 10.8 Å². The van der Waals surface area contributed by atoms with Crippen LogP contribution in [-0.2, 0) is 22.1 Å². The minimum absolute atomic E-state index is 0.106. The Kier molecular flexibility index (Phi) is 5.44. The Morgan fingerprint density at radius 2 is 2.32 bits per heavy atom. The first-order valence-corrected chi connectivity index (χ1v) is 12.5. The fourth-order valence-corrected chi connectivity index (χ4v) is 6.55. The molecule has 0 saturated carbocycles. The molecule has 0 aromatic carbocycles. The van der Waals surface area contributed by atoms with Crippen LogP contribution < -0.4 is 0 Å². The number of oxazole rings is 1. The van der Waals surface area contributed by atoms with Crippen molar-refractivity contribution in [3.8, 4) is 10.8 Å². The maximum absolute atomic E-state index is 11.8. The molecule has 0 amide bonds. The lowest BCUT2D eigenvalue weighted by Gasteiger charge is -2.10. The van der Waals surface area contributed by atoms with E-state index in [0.29, 0.717) is 24.6 Å². The van der Waals surface area contributed by atoms with Gasteiger partial charge in [-0.15, -0.1) is 28.1 Å². The van der Waals surface area contributed by atoms with Crippen molar-refractivity contribution in [3.05, 3.63) is 47.4 Å². The number of thioether (sulfide) groups is 1. The van der Waals surface area contributed by atoms with E-state index < -0.39 is 9.84 Å². The Labute approximate surface area is 171 Å². The Balaban J connectivity index is 1.53. The lowest BCUT2D eigenvalue weighted by molar-refractivity contribution is 0.542. The molecule has 4 heterocycles. The number of thiophene rings is 1. The average Bonchev–Trinajstić information content (AvgIpc) is 3.41. The molecule has 7 nitrogen and oxygen atoms in total. The second-order valence-electron chi connectivity index (χ2n) is 6.63. The second-order valence-corrected chi connectivity index (χ2v) is 10.7. The van der Waals surface area contributed by atoms with Crippen molar-refractivity contribution in [1.29, 1.82) is 0 Å². The van der Waals surface area contributed by atoms with Gasteiger partial charge in [-0.1, -0.05) is 23.9 Å². The van der Waals surface area contributed by atoms with Gasteiger partial charge in [0.1, 0.15) is 11.6 Å². The highest BCUT2D eigenvalue weighted by Gasteiger charge is 2.33. The Bertz CT molecular complexity index is 1080. The first-order chi connectivity index (χ1) is 13.5. The van der Waals surface area contributed by atoms with Gasteiger partial charge in [0, 0.05) is 18.2 Å². The van der Waals surface area contributed by atoms with E-state index in [0.717, 1.165) is 27.3 Å². The minimum atomic E-state index is -2.98. The molecule has 28 heavy (non-hydrogen) atoms. The summed E-state index contributed by atoms with van der Waals surface area (Å²) in [5.74, 6) is 2.98. The zero-order valence-corrected chi connectivity index (χ0v) is 17.8. The van der Waals surface area contributed by atoms with Crippen LogP contribution in [0.5, 0.6) is 0 Å². The van der Waals surface area contributed by atoms with Gasteiger partial charge in [0.25, 0.3) is 0 Å². The zero-order chi connectivity index (χ0) is 19.7. The second kappa shape index (κ2) is 7.84. The van der Waals surface area contributed by atoms with Gasteiger partial charge in [0.05, 0.1) is 22.1 Å². The summed E-state index contributed by atoms with van der Waals surface area (Å²) in [5.41, 5.74) is 0.867. The number of aromatic nitrogens is 4. The summed E-state index contributed by atoms with van der Waals surface area (Å²) in [6.45, 7) is 6.25. The van der Waals surface area contributed by atoms with Crippen molar-refractivity contribution in [2.75, 3.05) is 11.5 Å². The summed E-state index contributed by atoms with van der Waals surface area (Å²) >= 11 is 3.11. The molecular weight excluding hydrogens is 416 g/mol. The quantitative estimate of drug-likeness (QED) is 0.412. The van der Waals surface area contributed by atoms with Crippen molar-refractivity contribution >= 4 is 32.9 Å². The molecule has 3 aromatic heterocycles. The van der Waals surface area contributed by atoms with Crippen molar-refractivity contribution < 1.29 is 12.8 Å². The van der Waals surface area contributed by atoms with E-state index in [9.17, 15) is 8.42 Å². The maximum atomic E-state index is 11.8. The van der Waals surface area contributed by atoms with Crippen molar-refractivity contribution in [2.24, 2.45) is 0 Å². The van der Waals surface area contributed by atoms with Crippen LogP contribution in [-0.4, -0.2) is 39.7 Å². The predicted octanol–water partition coefficient (Wildman–Crippen LogP) is 3.68. The summed E-state index contributed by atoms with van der Waals surface area (Å²) in [6, 6.07) is 3.95. The van der Waals surface area contributed by atoms with E-state index in [1.165, 1.54) is 11.8 Å². The Hall–Kier alpha value is -1.91. The molecule has 0 N–H and O–H groups in total. The van der Waals surface area contributed by atoms with Gasteiger partial charge < -0.3 is 8.98 Å². The average molecular weight is 437 g/mol. The number of rotatable bonds is 7.